The van der Waals surface area contributed by atoms with Crippen LogP contribution in [0, 0.1) is 5.82 Å². The van der Waals surface area contributed by atoms with E-state index in [4.69, 9.17) is 5.73 Å². The average molecular weight is 302 g/mol. The van der Waals surface area contributed by atoms with E-state index in [9.17, 15) is 9.18 Å². The Kier molecular flexibility index (Phi) is 4.83. The van der Waals surface area contributed by atoms with Crippen LogP contribution >= 0.6 is 15.9 Å². The summed E-state index contributed by atoms with van der Waals surface area (Å²) in [6.45, 7) is 3.81. The van der Waals surface area contributed by atoms with Gasteiger partial charge in [0.2, 0.25) is 0 Å². The summed E-state index contributed by atoms with van der Waals surface area (Å²) in [6, 6.07) is 4.59. The number of hydrogen-bond acceptors (Lipinski definition) is 2. The zero-order chi connectivity index (χ0) is 13.1. The molecule has 0 fully saturated rings. The number of rotatable bonds is 5. The maximum atomic E-state index is 13.0. The van der Waals surface area contributed by atoms with Crippen LogP contribution in [0.4, 0.5) is 4.39 Å². The van der Waals surface area contributed by atoms with Crippen molar-refractivity contribution in [3.63, 3.8) is 0 Å². The maximum absolute atomic E-state index is 13.0. The lowest BCUT2D eigenvalue weighted by Crippen LogP contribution is -2.47. The number of carbonyl (C=O) groups excluding carboxylic acids is 1. The minimum absolute atomic E-state index is 0.000933. The molecule has 94 valence electrons. The van der Waals surface area contributed by atoms with Gasteiger partial charge in [-0.1, -0.05) is 19.9 Å². The molecule has 2 nitrogen and oxygen atoms in total. The number of benzene rings is 1. The Balaban J connectivity index is 2.84. The number of hydrogen-bond donors (Lipinski definition) is 1. The molecule has 0 saturated carbocycles. The first-order valence-corrected chi connectivity index (χ1v) is 6.48. The zero-order valence-corrected chi connectivity index (χ0v) is 11.7. The number of nitrogens with two attached hydrogens (primary N) is 1. The van der Waals surface area contributed by atoms with Gasteiger partial charge in [0.05, 0.1) is 10.0 Å². The van der Waals surface area contributed by atoms with Crippen molar-refractivity contribution in [2.45, 2.75) is 38.6 Å². The van der Waals surface area contributed by atoms with Crippen LogP contribution in [-0.4, -0.2) is 11.3 Å². The molecule has 0 aromatic heterocycles. The van der Waals surface area contributed by atoms with Gasteiger partial charge in [-0.25, -0.2) is 4.39 Å². The summed E-state index contributed by atoms with van der Waals surface area (Å²) in [7, 11) is 0. The van der Waals surface area contributed by atoms with Gasteiger partial charge in [0.1, 0.15) is 5.82 Å². The van der Waals surface area contributed by atoms with Crippen molar-refractivity contribution in [1.29, 1.82) is 0 Å². The summed E-state index contributed by atoms with van der Waals surface area (Å²) in [4.78, 5) is 12.1. The zero-order valence-electron chi connectivity index (χ0n) is 10.1. The number of Topliss-reactive ketones (excluding diaryl/α,β-unsaturated/α-hetero) is 1. The van der Waals surface area contributed by atoms with E-state index in [1.807, 2.05) is 13.8 Å². The van der Waals surface area contributed by atoms with Gasteiger partial charge in [-0.05, 0) is 46.5 Å². The van der Waals surface area contributed by atoms with Crippen molar-refractivity contribution < 1.29 is 9.18 Å². The number of ketones is 1. The van der Waals surface area contributed by atoms with Crippen LogP contribution in [0.5, 0.6) is 0 Å². The lowest BCUT2D eigenvalue weighted by atomic mass is 9.86. The molecule has 1 rings (SSSR count). The van der Waals surface area contributed by atoms with Gasteiger partial charge >= 0.3 is 0 Å². The smallest absolute Gasteiger partial charge is 0.156 e. The Hall–Kier alpha value is -0.740. The monoisotopic (exact) mass is 301 g/mol. The summed E-state index contributed by atoms with van der Waals surface area (Å²) in [5.74, 6) is -0.327. The van der Waals surface area contributed by atoms with Crippen LogP contribution in [0.2, 0.25) is 0 Å². The van der Waals surface area contributed by atoms with Crippen molar-refractivity contribution in [2.24, 2.45) is 5.73 Å². The van der Waals surface area contributed by atoms with Crippen molar-refractivity contribution in [3.05, 3.63) is 34.1 Å². The third-order valence-corrected chi connectivity index (χ3v) is 3.77. The molecule has 0 radical (unpaired) electrons. The second-order valence-electron chi connectivity index (χ2n) is 4.21. The Bertz CT molecular complexity index is 416. The maximum Gasteiger partial charge on any atom is 0.156 e. The second kappa shape index (κ2) is 5.74. The van der Waals surface area contributed by atoms with Crippen LogP contribution < -0.4 is 5.73 Å². The summed E-state index contributed by atoms with van der Waals surface area (Å²) in [5.41, 5.74) is 6.04. The number of carbonyl (C=O) groups is 1. The predicted octanol–water partition coefficient (Wildman–Crippen LogP) is 3.22. The van der Waals surface area contributed by atoms with Crippen LogP contribution in [-0.2, 0) is 11.2 Å². The fraction of sp³-hybridized carbons (Fsp3) is 0.462. The van der Waals surface area contributed by atoms with Gasteiger partial charge in [0.25, 0.3) is 0 Å². The van der Waals surface area contributed by atoms with E-state index in [0.29, 0.717) is 17.3 Å². The average Bonchev–Trinajstić information content (AvgIpc) is 2.32. The normalized spacial score (nSPS) is 11.6. The Labute approximate surface area is 110 Å². The summed E-state index contributed by atoms with van der Waals surface area (Å²) in [5, 5.41) is 0. The Morgan fingerprint density at radius 3 is 2.47 bits per heavy atom. The van der Waals surface area contributed by atoms with Crippen molar-refractivity contribution in [2.75, 3.05) is 0 Å². The molecule has 0 aliphatic heterocycles. The van der Waals surface area contributed by atoms with Crippen LogP contribution in [0.1, 0.15) is 32.3 Å². The molecule has 0 aliphatic rings. The molecule has 0 aliphatic carbocycles. The molecule has 0 unspecified atom stereocenters. The molecule has 17 heavy (non-hydrogen) atoms. The fourth-order valence-corrected chi connectivity index (χ4v) is 2.08. The molecule has 0 bridgehead atoms. The minimum Gasteiger partial charge on any atom is -0.319 e. The standard InChI is InChI=1S/C13H17BrFNO/c1-3-13(16,4-2)12(17)8-9-5-6-11(15)10(14)7-9/h5-7H,3-4,8,16H2,1-2H3. The van der Waals surface area contributed by atoms with Gasteiger partial charge in [0, 0.05) is 6.42 Å². The van der Waals surface area contributed by atoms with E-state index in [1.54, 1.807) is 12.1 Å². The first-order chi connectivity index (χ1) is 7.92. The first-order valence-electron chi connectivity index (χ1n) is 5.69. The minimum atomic E-state index is -0.763. The molecule has 0 spiro atoms. The molecule has 2 N–H and O–H groups in total. The largest absolute Gasteiger partial charge is 0.319 e. The summed E-state index contributed by atoms with van der Waals surface area (Å²) < 4.78 is 13.4. The fourth-order valence-electron chi connectivity index (χ4n) is 1.66. The van der Waals surface area contributed by atoms with E-state index >= 15 is 0 Å². The molecule has 4 heteroatoms. The number of halogens is 2. The van der Waals surface area contributed by atoms with Gasteiger partial charge in [-0.15, -0.1) is 0 Å². The quantitative estimate of drug-likeness (QED) is 0.907. The van der Waals surface area contributed by atoms with Crippen LogP contribution in [0.25, 0.3) is 0 Å². The van der Waals surface area contributed by atoms with E-state index < -0.39 is 5.54 Å². The van der Waals surface area contributed by atoms with Gasteiger partial charge in [-0.3, -0.25) is 4.79 Å². The van der Waals surface area contributed by atoms with Crippen LogP contribution in [0.15, 0.2) is 22.7 Å². The Morgan fingerprint density at radius 2 is 2.00 bits per heavy atom. The molecule has 0 saturated heterocycles. The first kappa shape index (κ1) is 14.3. The highest BCUT2D eigenvalue weighted by Crippen LogP contribution is 2.20. The second-order valence-corrected chi connectivity index (χ2v) is 5.07. The molecule has 1 aromatic carbocycles. The van der Waals surface area contributed by atoms with Gasteiger partial charge in [-0.2, -0.15) is 0 Å². The Morgan fingerprint density at radius 1 is 1.41 bits per heavy atom. The lowest BCUT2D eigenvalue weighted by Gasteiger charge is -2.24. The van der Waals surface area contributed by atoms with Gasteiger partial charge < -0.3 is 5.73 Å². The summed E-state index contributed by atoms with van der Waals surface area (Å²) in [6.07, 6.45) is 1.48. The summed E-state index contributed by atoms with van der Waals surface area (Å²) >= 11 is 3.10. The molecule has 0 atom stereocenters. The molecular weight excluding hydrogens is 285 g/mol. The van der Waals surface area contributed by atoms with Crippen molar-refractivity contribution in [3.8, 4) is 0 Å². The molecular formula is C13H17BrFNO. The topological polar surface area (TPSA) is 43.1 Å². The van der Waals surface area contributed by atoms with E-state index in [0.717, 1.165) is 5.56 Å². The highest BCUT2D eigenvalue weighted by atomic mass is 79.9. The lowest BCUT2D eigenvalue weighted by molar-refractivity contribution is -0.123. The van der Waals surface area contributed by atoms with Crippen molar-refractivity contribution in [1.82, 2.24) is 0 Å². The highest BCUT2D eigenvalue weighted by Gasteiger charge is 2.29. The SMILES string of the molecule is CCC(N)(CC)C(=O)Cc1ccc(F)c(Br)c1. The van der Waals surface area contributed by atoms with E-state index in [2.05, 4.69) is 15.9 Å². The molecule has 0 heterocycles. The van der Waals surface area contributed by atoms with E-state index in [1.165, 1.54) is 6.07 Å². The van der Waals surface area contributed by atoms with Crippen molar-refractivity contribution >= 4 is 21.7 Å². The highest BCUT2D eigenvalue weighted by molar-refractivity contribution is 9.10. The molecule has 1 aromatic rings. The predicted molar refractivity (Wildman–Crippen MR) is 70.3 cm³/mol. The third-order valence-electron chi connectivity index (χ3n) is 3.17. The van der Waals surface area contributed by atoms with E-state index in [-0.39, 0.29) is 18.0 Å². The van der Waals surface area contributed by atoms with Gasteiger partial charge in [0.15, 0.2) is 5.78 Å². The van der Waals surface area contributed by atoms with Crippen LogP contribution in [0.3, 0.4) is 0 Å². The molecule has 0 amide bonds. The third kappa shape index (κ3) is 3.36.